The fourth-order valence-electron chi connectivity index (χ4n) is 6.79. The quantitative estimate of drug-likeness (QED) is 0.196. The first-order chi connectivity index (χ1) is 23.8. The monoisotopic (exact) mass is 616 g/mol. The summed E-state index contributed by atoms with van der Waals surface area (Å²) in [5, 5.41) is 6.11. The Kier molecular flexibility index (Phi) is 5.77. The molecule has 4 aromatic heterocycles. The van der Waals surface area contributed by atoms with Gasteiger partial charge in [0.1, 0.15) is 22.3 Å². The van der Waals surface area contributed by atoms with Crippen LogP contribution < -0.4 is 0 Å². The van der Waals surface area contributed by atoms with Crippen LogP contribution in [0.5, 0.6) is 0 Å². The molecule has 6 heteroatoms. The number of rotatable bonds is 4. The van der Waals surface area contributed by atoms with Crippen molar-refractivity contribution in [2.75, 3.05) is 0 Å². The van der Waals surface area contributed by atoms with Gasteiger partial charge in [0.05, 0.1) is 0 Å². The molecule has 0 radical (unpaired) electrons. The number of hydrogen-bond acceptors (Lipinski definition) is 6. The molecule has 0 saturated heterocycles. The van der Waals surface area contributed by atoms with Crippen LogP contribution in [0.1, 0.15) is 0 Å². The third kappa shape index (κ3) is 4.13. The van der Waals surface area contributed by atoms with Crippen molar-refractivity contribution < 1.29 is 8.83 Å². The molecule has 224 valence electrons. The molecule has 0 aliphatic carbocycles. The van der Waals surface area contributed by atoms with Gasteiger partial charge in [-0.1, -0.05) is 91.0 Å². The summed E-state index contributed by atoms with van der Waals surface area (Å²) in [6, 6.07) is 44.9. The lowest BCUT2D eigenvalue weighted by Gasteiger charge is -2.11. The van der Waals surface area contributed by atoms with Gasteiger partial charge >= 0.3 is 0 Å². The molecule has 0 bridgehead atoms. The van der Waals surface area contributed by atoms with Crippen LogP contribution in [0, 0.1) is 0 Å². The Morgan fingerprint density at radius 1 is 0.417 bits per heavy atom. The maximum Gasteiger partial charge on any atom is 0.164 e. The van der Waals surface area contributed by atoms with Gasteiger partial charge in [-0.15, -0.1) is 0 Å². The van der Waals surface area contributed by atoms with E-state index in [9.17, 15) is 0 Å². The minimum atomic E-state index is 0.573. The van der Waals surface area contributed by atoms with Crippen LogP contribution in [0.2, 0.25) is 0 Å². The fraction of sp³-hybridized carbons (Fsp3) is 0. The first kappa shape index (κ1) is 26.5. The summed E-state index contributed by atoms with van der Waals surface area (Å²) in [4.78, 5) is 19.5. The molecule has 10 aromatic rings. The first-order valence-corrected chi connectivity index (χ1v) is 15.8. The number of aromatic nitrogens is 4. The molecule has 0 spiro atoms. The molecule has 6 aromatic carbocycles. The number of hydrogen-bond donors (Lipinski definition) is 0. The predicted molar refractivity (Wildman–Crippen MR) is 191 cm³/mol. The van der Waals surface area contributed by atoms with Gasteiger partial charge in [-0.25, -0.2) is 15.0 Å². The van der Waals surface area contributed by atoms with Gasteiger partial charge in [0, 0.05) is 61.6 Å². The molecule has 48 heavy (non-hydrogen) atoms. The standard InChI is InChI=1S/C42H24N4O2/c1-3-10-25(11-4-1)40-44-41(26-12-5-2-6-13-26)46-42(45-40)32-19-18-30(29-15-9-17-35-37(29)31-14-7-8-16-34(31)47-35)39-38(32)33-22-27-20-21-43-24-28(27)23-36(33)48-39/h1-24H. The van der Waals surface area contributed by atoms with Gasteiger partial charge in [-0.3, -0.25) is 4.98 Å². The second kappa shape index (κ2) is 10.4. The van der Waals surface area contributed by atoms with Gasteiger partial charge in [-0.05, 0) is 53.4 Å². The van der Waals surface area contributed by atoms with E-state index < -0.39 is 0 Å². The average molecular weight is 617 g/mol. The van der Waals surface area contributed by atoms with Crippen molar-refractivity contribution in [3.63, 3.8) is 0 Å². The van der Waals surface area contributed by atoms with Crippen molar-refractivity contribution in [2.45, 2.75) is 0 Å². The number of benzene rings is 6. The molecular weight excluding hydrogens is 592 g/mol. The van der Waals surface area contributed by atoms with Gasteiger partial charge < -0.3 is 8.83 Å². The smallest absolute Gasteiger partial charge is 0.164 e. The van der Waals surface area contributed by atoms with E-state index in [4.69, 9.17) is 23.8 Å². The molecule has 0 aliphatic heterocycles. The fourth-order valence-corrected chi connectivity index (χ4v) is 6.79. The molecule has 0 amide bonds. The SMILES string of the molecule is c1ccc(-c2nc(-c3ccccc3)nc(-c3ccc(-c4cccc5oc6ccccc6c45)c4oc5cc6cnccc6cc5c34)n2)cc1. The van der Waals surface area contributed by atoms with Crippen molar-refractivity contribution in [3.8, 4) is 45.3 Å². The van der Waals surface area contributed by atoms with Crippen molar-refractivity contribution in [3.05, 3.63) is 146 Å². The number of para-hydroxylation sites is 1. The molecule has 0 fully saturated rings. The van der Waals surface area contributed by atoms with Crippen LogP contribution in [-0.2, 0) is 0 Å². The van der Waals surface area contributed by atoms with E-state index in [1.54, 1.807) is 0 Å². The normalized spacial score (nSPS) is 11.8. The number of furan rings is 2. The zero-order valence-electron chi connectivity index (χ0n) is 25.5. The summed E-state index contributed by atoms with van der Waals surface area (Å²) in [5.74, 6) is 1.79. The third-order valence-corrected chi connectivity index (χ3v) is 9.01. The molecule has 0 aliphatic rings. The number of fused-ring (bicyclic) bond motifs is 7. The highest BCUT2D eigenvalue weighted by atomic mass is 16.3. The highest BCUT2D eigenvalue weighted by molar-refractivity contribution is 6.21. The van der Waals surface area contributed by atoms with Crippen LogP contribution in [0.3, 0.4) is 0 Å². The second-order valence-electron chi connectivity index (χ2n) is 11.9. The maximum absolute atomic E-state index is 6.85. The molecule has 0 atom stereocenters. The lowest BCUT2D eigenvalue weighted by Crippen LogP contribution is -2.00. The Bertz CT molecular complexity index is 2780. The van der Waals surface area contributed by atoms with Crippen molar-refractivity contribution in [2.24, 2.45) is 0 Å². The van der Waals surface area contributed by atoms with E-state index >= 15 is 0 Å². The molecule has 4 heterocycles. The van der Waals surface area contributed by atoms with Crippen molar-refractivity contribution in [1.29, 1.82) is 0 Å². The van der Waals surface area contributed by atoms with Crippen molar-refractivity contribution in [1.82, 2.24) is 19.9 Å². The molecule has 10 rings (SSSR count). The molecule has 0 saturated carbocycles. The Balaban J connectivity index is 1.31. The van der Waals surface area contributed by atoms with Gasteiger partial charge in [-0.2, -0.15) is 0 Å². The first-order valence-electron chi connectivity index (χ1n) is 15.8. The molecule has 0 N–H and O–H groups in total. The minimum Gasteiger partial charge on any atom is -0.456 e. The van der Waals surface area contributed by atoms with Crippen LogP contribution >= 0.6 is 0 Å². The van der Waals surface area contributed by atoms with Crippen LogP contribution in [0.4, 0.5) is 0 Å². The number of pyridine rings is 1. The van der Waals surface area contributed by atoms with E-state index in [-0.39, 0.29) is 0 Å². The summed E-state index contributed by atoms with van der Waals surface area (Å²) < 4.78 is 13.1. The molecular formula is C42H24N4O2. The summed E-state index contributed by atoms with van der Waals surface area (Å²) in [5.41, 5.74) is 7.90. The summed E-state index contributed by atoms with van der Waals surface area (Å²) >= 11 is 0. The Morgan fingerprint density at radius 2 is 1.10 bits per heavy atom. The topological polar surface area (TPSA) is 77.8 Å². The maximum atomic E-state index is 6.85. The third-order valence-electron chi connectivity index (χ3n) is 9.01. The van der Waals surface area contributed by atoms with E-state index in [0.29, 0.717) is 17.5 Å². The zero-order valence-corrected chi connectivity index (χ0v) is 25.5. The average Bonchev–Trinajstić information content (AvgIpc) is 3.72. The van der Waals surface area contributed by atoms with Crippen LogP contribution in [0.15, 0.2) is 155 Å². The lowest BCUT2D eigenvalue weighted by molar-refractivity contribution is 0.669. The van der Waals surface area contributed by atoms with Crippen molar-refractivity contribution >= 4 is 54.6 Å². The van der Waals surface area contributed by atoms with E-state index in [2.05, 4.69) is 41.4 Å². The van der Waals surface area contributed by atoms with Gasteiger partial charge in [0.25, 0.3) is 0 Å². The minimum absolute atomic E-state index is 0.573. The summed E-state index contributed by atoms with van der Waals surface area (Å²) in [6.07, 6.45) is 3.68. The highest BCUT2D eigenvalue weighted by Crippen LogP contribution is 2.45. The van der Waals surface area contributed by atoms with E-state index in [1.165, 1.54) is 0 Å². The Morgan fingerprint density at radius 3 is 1.90 bits per heavy atom. The second-order valence-corrected chi connectivity index (χ2v) is 11.9. The summed E-state index contributed by atoms with van der Waals surface area (Å²) in [6.45, 7) is 0. The number of nitrogens with zero attached hydrogens (tertiary/aromatic N) is 4. The van der Waals surface area contributed by atoms with E-state index in [1.807, 2.05) is 109 Å². The van der Waals surface area contributed by atoms with Gasteiger partial charge in [0.15, 0.2) is 17.5 Å². The Hall–Kier alpha value is -6.66. The Labute approximate surface area is 274 Å². The largest absolute Gasteiger partial charge is 0.456 e. The van der Waals surface area contributed by atoms with E-state index in [0.717, 1.165) is 82.5 Å². The molecule has 0 unspecified atom stereocenters. The summed E-state index contributed by atoms with van der Waals surface area (Å²) in [7, 11) is 0. The predicted octanol–water partition coefficient (Wildman–Crippen LogP) is 10.9. The zero-order chi connectivity index (χ0) is 31.6. The van der Waals surface area contributed by atoms with Crippen LogP contribution in [0.25, 0.3) is 99.9 Å². The van der Waals surface area contributed by atoms with Crippen LogP contribution in [-0.4, -0.2) is 19.9 Å². The lowest BCUT2D eigenvalue weighted by atomic mass is 9.94. The molecule has 6 nitrogen and oxygen atoms in total. The van der Waals surface area contributed by atoms with Gasteiger partial charge in [0.2, 0.25) is 0 Å². The highest BCUT2D eigenvalue weighted by Gasteiger charge is 2.23.